The highest BCUT2D eigenvalue weighted by atomic mass is 32.1. The Morgan fingerprint density at radius 3 is 2.59 bits per heavy atom. The number of hydrogen-bond acceptors (Lipinski definition) is 4. The molecule has 1 aromatic heterocycles. The van der Waals surface area contributed by atoms with Crippen LogP contribution in [-0.2, 0) is 0 Å². The fraction of sp³-hybridized carbons (Fsp3) is 0.640. The summed E-state index contributed by atoms with van der Waals surface area (Å²) in [7, 11) is 0. The highest BCUT2D eigenvalue weighted by Gasteiger charge is 2.32. The highest BCUT2D eigenvalue weighted by Crippen LogP contribution is 2.40. The summed E-state index contributed by atoms with van der Waals surface area (Å²) in [6.45, 7) is 12.0. The maximum absolute atomic E-state index is 13.4. The quantitative estimate of drug-likeness (QED) is 0.535. The summed E-state index contributed by atoms with van der Waals surface area (Å²) >= 11 is 1.68. The fourth-order valence-electron chi connectivity index (χ4n) is 5.01. The molecule has 1 amide bonds. The van der Waals surface area contributed by atoms with E-state index in [1.165, 1.54) is 16.0 Å². The first-order valence-electron chi connectivity index (χ1n) is 11.7. The van der Waals surface area contributed by atoms with Crippen LogP contribution >= 0.6 is 11.3 Å². The lowest BCUT2D eigenvalue weighted by atomic mass is 9.80. The standard InChI is InChI=1S/C25H37F2N3OS/c1-6-21(19-7-9-30(10-8-19)15-25(5,26)27)23-18(4)22(14-32-23)24(31)29-13-20-12-28-17(3)11-16(20)2/h11,14,19,21,28H,6-10,12-13,15H2,1-5H3,(H,29,31). The number of nitrogens with one attached hydrogen (secondary N) is 2. The molecule has 0 saturated carbocycles. The fourth-order valence-corrected chi connectivity index (χ4v) is 6.36. The maximum Gasteiger partial charge on any atom is 0.257 e. The molecule has 178 valence electrons. The number of halogens is 2. The van der Waals surface area contributed by atoms with E-state index >= 15 is 0 Å². The van der Waals surface area contributed by atoms with Crippen LogP contribution in [0.15, 0.2) is 28.3 Å². The van der Waals surface area contributed by atoms with Crippen LogP contribution in [0.1, 0.15) is 73.7 Å². The number of allylic oxidation sites excluding steroid dienone is 3. The van der Waals surface area contributed by atoms with E-state index in [0.29, 0.717) is 18.4 Å². The Kier molecular flexibility index (Phi) is 8.15. The van der Waals surface area contributed by atoms with E-state index in [0.717, 1.165) is 62.6 Å². The van der Waals surface area contributed by atoms with Gasteiger partial charge in [-0.3, -0.25) is 9.69 Å². The Balaban J connectivity index is 1.62. The normalized spacial score (nSPS) is 19.5. The predicted molar refractivity (Wildman–Crippen MR) is 129 cm³/mol. The van der Waals surface area contributed by atoms with Gasteiger partial charge in [0.05, 0.1) is 12.1 Å². The lowest BCUT2D eigenvalue weighted by Gasteiger charge is -2.36. The molecule has 1 saturated heterocycles. The number of amides is 1. The van der Waals surface area contributed by atoms with E-state index in [-0.39, 0.29) is 12.5 Å². The van der Waals surface area contributed by atoms with Crippen molar-refractivity contribution in [3.05, 3.63) is 44.3 Å². The maximum atomic E-state index is 13.4. The molecule has 0 spiro atoms. The number of carbonyl (C=O) groups is 1. The smallest absolute Gasteiger partial charge is 0.257 e. The van der Waals surface area contributed by atoms with E-state index in [4.69, 9.17) is 0 Å². The first-order chi connectivity index (χ1) is 15.1. The van der Waals surface area contributed by atoms with E-state index < -0.39 is 5.92 Å². The minimum atomic E-state index is -2.64. The van der Waals surface area contributed by atoms with Crippen LogP contribution in [0, 0.1) is 12.8 Å². The molecule has 3 rings (SSSR count). The van der Waals surface area contributed by atoms with Crippen molar-refractivity contribution in [1.82, 2.24) is 15.5 Å². The van der Waals surface area contributed by atoms with Gasteiger partial charge in [0.15, 0.2) is 0 Å². The van der Waals surface area contributed by atoms with Gasteiger partial charge in [-0.25, -0.2) is 8.78 Å². The minimum Gasteiger partial charge on any atom is -0.385 e. The van der Waals surface area contributed by atoms with Crippen molar-refractivity contribution < 1.29 is 13.6 Å². The summed E-state index contributed by atoms with van der Waals surface area (Å²) in [5, 5.41) is 8.41. The zero-order valence-corrected chi connectivity index (χ0v) is 20.8. The number of carbonyl (C=O) groups excluding carboxylic acids is 1. The third-order valence-corrected chi connectivity index (χ3v) is 8.05. The van der Waals surface area contributed by atoms with Crippen molar-refractivity contribution in [2.24, 2.45) is 5.92 Å². The molecule has 7 heteroatoms. The van der Waals surface area contributed by atoms with Gasteiger partial charge in [0.1, 0.15) is 0 Å². The van der Waals surface area contributed by atoms with Gasteiger partial charge in [-0.1, -0.05) is 6.92 Å². The molecule has 0 aliphatic carbocycles. The summed E-state index contributed by atoms with van der Waals surface area (Å²) < 4.78 is 26.7. The zero-order chi connectivity index (χ0) is 23.5. The van der Waals surface area contributed by atoms with Crippen LogP contribution in [0.4, 0.5) is 8.78 Å². The summed E-state index contributed by atoms with van der Waals surface area (Å²) in [6, 6.07) is 0. The van der Waals surface area contributed by atoms with Crippen LogP contribution in [0.5, 0.6) is 0 Å². The molecule has 2 aliphatic rings. The molecule has 1 atom stereocenters. The largest absolute Gasteiger partial charge is 0.385 e. The Bertz CT molecular complexity index is 876. The van der Waals surface area contributed by atoms with Crippen LogP contribution in [-0.4, -0.2) is 49.5 Å². The highest BCUT2D eigenvalue weighted by molar-refractivity contribution is 7.10. The van der Waals surface area contributed by atoms with E-state index in [1.54, 1.807) is 11.3 Å². The molecular weight excluding hydrogens is 428 g/mol. The van der Waals surface area contributed by atoms with Gasteiger partial charge in [-0.15, -0.1) is 11.3 Å². The summed E-state index contributed by atoms with van der Waals surface area (Å²) in [4.78, 5) is 16.1. The van der Waals surface area contributed by atoms with E-state index in [2.05, 4.69) is 37.5 Å². The topological polar surface area (TPSA) is 44.4 Å². The molecule has 0 radical (unpaired) electrons. The molecule has 1 unspecified atom stereocenters. The van der Waals surface area contributed by atoms with Crippen LogP contribution in [0.25, 0.3) is 0 Å². The lowest BCUT2D eigenvalue weighted by Crippen LogP contribution is -2.41. The Hall–Kier alpha value is -1.73. The predicted octanol–water partition coefficient (Wildman–Crippen LogP) is 5.47. The van der Waals surface area contributed by atoms with Crippen molar-refractivity contribution in [3.8, 4) is 0 Å². The molecule has 2 aliphatic heterocycles. The van der Waals surface area contributed by atoms with Gasteiger partial charge >= 0.3 is 0 Å². The zero-order valence-electron chi connectivity index (χ0n) is 20.0. The number of alkyl halides is 2. The van der Waals surface area contributed by atoms with Gasteiger partial charge < -0.3 is 10.6 Å². The van der Waals surface area contributed by atoms with Crippen molar-refractivity contribution in [2.75, 3.05) is 32.7 Å². The second-order valence-electron chi connectivity index (χ2n) is 9.49. The molecule has 1 aromatic rings. The van der Waals surface area contributed by atoms with Crippen molar-refractivity contribution in [3.63, 3.8) is 0 Å². The molecular formula is C25H37F2N3OS. The van der Waals surface area contributed by atoms with Crippen LogP contribution in [0.3, 0.4) is 0 Å². The third-order valence-electron chi connectivity index (χ3n) is 6.83. The molecule has 32 heavy (non-hydrogen) atoms. The van der Waals surface area contributed by atoms with Crippen LogP contribution in [0.2, 0.25) is 0 Å². The van der Waals surface area contributed by atoms with Gasteiger partial charge in [-0.05, 0) is 87.7 Å². The van der Waals surface area contributed by atoms with E-state index in [1.807, 2.05) is 17.2 Å². The lowest BCUT2D eigenvalue weighted by molar-refractivity contribution is -0.0232. The molecule has 1 fully saturated rings. The Morgan fingerprint density at radius 2 is 2.00 bits per heavy atom. The van der Waals surface area contributed by atoms with Gasteiger partial charge in [0.2, 0.25) is 0 Å². The SMILES string of the molecule is CCC(c1scc(C(=O)NCC2=C(C)C=C(C)NC2)c1C)C1CCN(CC(C)(F)F)CC1. The average Bonchev–Trinajstić information content (AvgIpc) is 3.09. The van der Waals surface area contributed by atoms with Crippen molar-refractivity contribution in [1.29, 1.82) is 0 Å². The Morgan fingerprint density at radius 1 is 1.31 bits per heavy atom. The number of rotatable bonds is 8. The summed E-state index contributed by atoms with van der Waals surface area (Å²) in [5.74, 6) is -1.80. The number of likely N-dealkylation sites (tertiary alicyclic amines) is 1. The second-order valence-corrected chi connectivity index (χ2v) is 10.4. The number of nitrogens with zero attached hydrogens (tertiary/aromatic N) is 1. The third kappa shape index (κ3) is 6.19. The molecule has 0 aromatic carbocycles. The Labute approximate surface area is 195 Å². The number of dihydropyridines is 1. The van der Waals surface area contributed by atoms with E-state index in [9.17, 15) is 13.6 Å². The monoisotopic (exact) mass is 465 g/mol. The van der Waals surface area contributed by atoms with Crippen molar-refractivity contribution in [2.45, 2.75) is 65.7 Å². The number of hydrogen-bond donors (Lipinski definition) is 2. The molecule has 0 bridgehead atoms. The van der Waals surface area contributed by atoms with Gasteiger partial charge in [0.25, 0.3) is 11.8 Å². The minimum absolute atomic E-state index is 0.0218. The number of thiophene rings is 1. The first kappa shape index (κ1) is 24.9. The van der Waals surface area contributed by atoms with Gasteiger partial charge in [0, 0.05) is 36.0 Å². The first-order valence-corrected chi connectivity index (χ1v) is 12.5. The number of piperidine rings is 1. The van der Waals surface area contributed by atoms with Gasteiger partial charge in [-0.2, -0.15) is 0 Å². The second kappa shape index (κ2) is 10.5. The van der Waals surface area contributed by atoms with Crippen molar-refractivity contribution >= 4 is 17.2 Å². The molecule has 3 heterocycles. The summed E-state index contributed by atoms with van der Waals surface area (Å²) in [5.41, 5.74) is 5.40. The molecule has 4 nitrogen and oxygen atoms in total. The van der Waals surface area contributed by atoms with Crippen LogP contribution < -0.4 is 10.6 Å². The average molecular weight is 466 g/mol. The summed E-state index contributed by atoms with van der Waals surface area (Å²) in [6.07, 6.45) is 4.97. The molecule has 2 N–H and O–H groups in total.